The second-order valence-corrected chi connectivity index (χ2v) is 8.80. The van der Waals surface area contributed by atoms with Crippen LogP contribution >= 0.6 is 15.9 Å². The predicted octanol–water partition coefficient (Wildman–Crippen LogP) is 3.83. The van der Waals surface area contributed by atoms with Gasteiger partial charge in [0.1, 0.15) is 6.54 Å². The van der Waals surface area contributed by atoms with Crippen LogP contribution < -0.4 is 20.3 Å². The molecule has 0 radical (unpaired) electrons. The Morgan fingerprint density at radius 3 is 2.71 bits per heavy atom. The molecule has 4 rings (SSSR count). The van der Waals surface area contributed by atoms with Crippen LogP contribution in [0.25, 0.3) is 10.9 Å². The van der Waals surface area contributed by atoms with Crippen LogP contribution in [0.4, 0.5) is 0 Å². The van der Waals surface area contributed by atoms with Crippen molar-refractivity contribution in [2.45, 2.75) is 32.9 Å². The van der Waals surface area contributed by atoms with Gasteiger partial charge < -0.3 is 14.8 Å². The number of nitrogens with zero attached hydrogens (tertiary/aromatic N) is 2. The predicted molar refractivity (Wildman–Crippen MR) is 121 cm³/mol. The monoisotopic (exact) mass is 485 g/mol. The van der Waals surface area contributed by atoms with E-state index in [1.807, 2.05) is 38.1 Å². The second-order valence-electron chi connectivity index (χ2n) is 7.88. The summed E-state index contributed by atoms with van der Waals surface area (Å²) >= 11 is 3.37. The highest BCUT2D eigenvalue weighted by Crippen LogP contribution is 2.34. The zero-order valence-electron chi connectivity index (χ0n) is 17.4. The first-order chi connectivity index (χ1) is 14.9. The quantitative estimate of drug-likeness (QED) is 0.593. The summed E-state index contributed by atoms with van der Waals surface area (Å²) in [5, 5.41) is 3.52. The van der Waals surface area contributed by atoms with Gasteiger partial charge in [-0.2, -0.15) is 0 Å². The van der Waals surface area contributed by atoms with Crippen molar-refractivity contribution in [3.8, 4) is 11.5 Å². The molecule has 1 amide bonds. The van der Waals surface area contributed by atoms with Crippen LogP contribution in [0.2, 0.25) is 0 Å². The Morgan fingerprint density at radius 2 is 1.94 bits per heavy atom. The molecule has 1 N–H and O–H groups in total. The molecule has 7 nitrogen and oxygen atoms in total. The first-order valence-electron chi connectivity index (χ1n) is 10.3. The van der Waals surface area contributed by atoms with E-state index < -0.39 is 0 Å². The average Bonchev–Trinajstić information content (AvgIpc) is 2.99. The highest BCUT2D eigenvalue weighted by Gasteiger charge is 2.21. The Bertz CT molecular complexity index is 1180. The Hall–Kier alpha value is -2.87. The fourth-order valence-electron chi connectivity index (χ4n) is 3.63. The molecule has 0 aliphatic carbocycles. The van der Waals surface area contributed by atoms with E-state index in [4.69, 9.17) is 9.47 Å². The molecule has 1 atom stereocenters. The van der Waals surface area contributed by atoms with E-state index in [1.165, 1.54) is 10.9 Å². The Kier molecular flexibility index (Phi) is 6.27. The van der Waals surface area contributed by atoms with E-state index in [1.54, 1.807) is 12.1 Å². The van der Waals surface area contributed by atoms with Gasteiger partial charge in [0, 0.05) is 10.9 Å². The number of hydrogen-bond donors (Lipinski definition) is 1. The molecule has 2 aromatic carbocycles. The summed E-state index contributed by atoms with van der Waals surface area (Å²) in [4.78, 5) is 29.9. The van der Waals surface area contributed by atoms with E-state index in [0.29, 0.717) is 29.9 Å². The number of benzene rings is 2. The highest BCUT2D eigenvalue weighted by molar-refractivity contribution is 9.10. The Morgan fingerprint density at radius 1 is 1.16 bits per heavy atom. The number of rotatable bonds is 5. The second kappa shape index (κ2) is 9.09. The van der Waals surface area contributed by atoms with Crippen molar-refractivity contribution in [1.29, 1.82) is 0 Å². The molecule has 2 heterocycles. The minimum atomic E-state index is -0.260. The van der Waals surface area contributed by atoms with Crippen LogP contribution in [0.15, 0.2) is 52.0 Å². The highest BCUT2D eigenvalue weighted by atomic mass is 79.9. The Balaban J connectivity index is 1.55. The molecule has 0 unspecified atom stereocenters. The SMILES string of the molecule is CC(C)[C@H](NC(=O)Cn1cnc2ccc(Br)cc2c1=O)c1ccc2c(c1)OCCCO2. The van der Waals surface area contributed by atoms with Crippen molar-refractivity contribution < 1.29 is 14.3 Å². The molecular weight excluding hydrogens is 462 g/mol. The first kappa shape index (κ1) is 21.4. The summed E-state index contributed by atoms with van der Waals surface area (Å²) in [6.45, 7) is 5.19. The van der Waals surface area contributed by atoms with Crippen molar-refractivity contribution >= 4 is 32.7 Å². The Labute approximate surface area is 188 Å². The van der Waals surface area contributed by atoms with Gasteiger partial charge in [0.2, 0.25) is 5.91 Å². The van der Waals surface area contributed by atoms with Gasteiger partial charge in [-0.05, 0) is 41.8 Å². The van der Waals surface area contributed by atoms with E-state index in [0.717, 1.165) is 22.2 Å². The maximum atomic E-state index is 12.8. The van der Waals surface area contributed by atoms with E-state index >= 15 is 0 Å². The molecule has 0 saturated carbocycles. The molecule has 31 heavy (non-hydrogen) atoms. The van der Waals surface area contributed by atoms with Gasteiger partial charge in [-0.1, -0.05) is 35.8 Å². The van der Waals surface area contributed by atoms with Gasteiger partial charge in [-0.25, -0.2) is 4.98 Å². The molecular formula is C23H24BrN3O4. The van der Waals surface area contributed by atoms with E-state index in [9.17, 15) is 9.59 Å². The molecule has 0 spiro atoms. The molecule has 0 bridgehead atoms. The number of nitrogens with one attached hydrogen (secondary N) is 1. The number of aromatic nitrogens is 2. The van der Waals surface area contributed by atoms with E-state index in [-0.39, 0.29) is 30.0 Å². The minimum Gasteiger partial charge on any atom is -0.490 e. The molecule has 1 aromatic heterocycles. The van der Waals surface area contributed by atoms with Gasteiger partial charge in [0.25, 0.3) is 5.56 Å². The summed E-state index contributed by atoms with van der Waals surface area (Å²) in [5.41, 5.74) is 1.27. The molecule has 1 aliphatic rings. The third-order valence-electron chi connectivity index (χ3n) is 5.21. The normalized spacial score (nSPS) is 14.3. The van der Waals surface area contributed by atoms with Crippen LogP contribution in [-0.4, -0.2) is 28.7 Å². The number of ether oxygens (including phenoxy) is 2. The van der Waals surface area contributed by atoms with Gasteiger partial charge >= 0.3 is 0 Å². The minimum absolute atomic E-state index is 0.109. The van der Waals surface area contributed by atoms with Crippen molar-refractivity contribution in [2.24, 2.45) is 5.92 Å². The third kappa shape index (κ3) is 4.74. The number of halogens is 1. The average molecular weight is 486 g/mol. The maximum absolute atomic E-state index is 12.8. The lowest BCUT2D eigenvalue weighted by Crippen LogP contribution is -2.36. The first-order valence-corrected chi connectivity index (χ1v) is 11.1. The largest absolute Gasteiger partial charge is 0.490 e. The third-order valence-corrected chi connectivity index (χ3v) is 5.71. The van der Waals surface area contributed by atoms with Gasteiger partial charge in [0.15, 0.2) is 11.5 Å². The van der Waals surface area contributed by atoms with Crippen molar-refractivity contribution in [1.82, 2.24) is 14.9 Å². The summed E-state index contributed by atoms with van der Waals surface area (Å²) in [7, 11) is 0. The van der Waals surface area contributed by atoms with Gasteiger partial charge in [-0.3, -0.25) is 14.2 Å². The number of fused-ring (bicyclic) bond motifs is 2. The van der Waals surface area contributed by atoms with E-state index in [2.05, 4.69) is 26.2 Å². The van der Waals surface area contributed by atoms with Gasteiger partial charge in [-0.15, -0.1) is 0 Å². The molecule has 1 aliphatic heterocycles. The smallest absolute Gasteiger partial charge is 0.261 e. The number of hydrogen-bond acceptors (Lipinski definition) is 5. The van der Waals surface area contributed by atoms with Crippen LogP contribution in [0.3, 0.4) is 0 Å². The number of amides is 1. The van der Waals surface area contributed by atoms with Gasteiger partial charge in [0.05, 0.1) is 36.5 Å². The molecule has 0 saturated heterocycles. The zero-order chi connectivity index (χ0) is 22.0. The molecule has 3 aromatic rings. The summed E-state index contributed by atoms with van der Waals surface area (Å²) in [6, 6.07) is 10.8. The summed E-state index contributed by atoms with van der Waals surface area (Å²) in [6.07, 6.45) is 2.25. The maximum Gasteiger partial charge on any atom is 0.261 e. The number of carbonyl (C=O) groups excluding carboxylic acids is 1. The fourth-order valence-corrected chi connectivity index (χ4v) is 3.99. The van der Waals surface area contributed by atoms with Crippen LogP contribution in [-0.2, 0) is 11.3 Å². The van der Waals surface area contributed by atoms with Crippen molar-refractivity contribution in [3.05, 3.63) is 63.1 Å². The lowest BCUT2D eigenvalue weighted by atomic mass is 9.95. The van der Waals surface area contributed by atoms with Crippen molar-refractivity contribution in [2.75, 3.05) is 13.2 Å². The van der Waals surface area contributed by atoms with Crippen LogP contribution in [0.5, 0.6) is 11.5 Å². The standard InChI is InChI=1S/C23H24BrN3O4/c1-14(2)22(15-4-7-19-20(10-15)31-9-3-8-30-19)26-21(28)12-27-13-25-18-6-5-16(24)11-17(18)23(27)29/h4-7,10-11,13-14,22H,3,8-9,12H2,1-2H3,(H,26,28)/t22-/m0/s1. The fraction of sp³-hybridized carbons (Fsp3) is 0.348. The lowest BCUT2D eigenvalue weighted by Gasteiger charge is -2.24. The topological polar surface area (TPSA) is 82.5 Å². The van der Waals surface area contributed by atoms with Crippen LogP contribution in [0.1, 0.15) is 31.9 Å². The van der Waals surface area contributed by atoms with Crippen LogP contribution in [0, 0.1) is 5.92 Å². The summed E-state index contributed by atoms with van der Waals surface area (Å²) in [5.74, 6) is 1.28. The summed E-state index contributed by atoms with van der Waals surface area (Å²) < 4.78 is 13.6. The lowest BCUT2D eigenvalue weighted by molar-refractivity contribution is -0.122. The molecule has 8 heteroatoms. The molecule has 162 valence electrons. The number of carbonyl (C=O) groups is 1. The molecule has 0 fully saturated rings. The van der Waals surface area contributed by atoms with Crippen molar-refractivity contribution in [3.63, 3.8) is 0 Å². The zero-order valence-corrected chi connectivity index (χ0v) is 19.0.